The van der Waals surface area contributed by atoms with E-state index >= 15 is 0 Å². The maximum atomic E-state index is 13.3. The lowest BCUT2D eigenvalue weighted by molar-refractivity contribution is 0.0952. The lowest BCUT2D eigenvalue weighted by atomic mass is 10.0. The zero-order valence-electron chi connectivity index (χ0n) is 17.4. The molecule has 2 aromatic heterocycles. The Bertz CT molecular complexity index is 1300. The summed E-state index contributed by atoms with van der Waals surface area (Å²) in [6, 6.07) is 13.2. The highest BCUT2D eigenvalue weighted by Gasteiger charge is 2.20. The van der Waals surface area contributed by atoms with Gasteiger partial charge in [-0.1, -0.05) is 11.2 Å². The minimum atomic E-state index is -0.349. The van der Waals surface area contributed by atoms with Gasteiger partial charge in [-0.3, -0.25) is 4.79 Å². The molecule has 0 fully saturated rings. The number of hydrogen-bond donors (Lipinski definition) is 1. The van der Waals surface area contributed by atoms with Gasteiger partial charge in [-0.25, -0.2) is 9.37 Å². The van der Waals surface area contributed by atoms with Crippen LogP contribution in [0.2, 0.25) is 0 Å². The molecule has 3 heterocycles. The van der Waals surface area contributed by atoms with E-state index in [0.29, 0.717) is 59.2 Å². The molecule has 1 N–H and O–H groups in total. The van der Waals surface area contributed by atoms with Gasteiger partial charge in [0.25, 0.3) is 11.6 Å². The second-order valence-electron chi connectivity index (χ2n) is 7.52. The number of aryl methyl sites for hydroxylation is 1. The van der Waals surface area contributed by atoms with Crippen LogP contribution in [0.25, 0.3) is 22.4 Å². The fourth-order valence-electron chi connectivity index (χ4n) is 3.64. The van der Waals surface area contributed by atoms with Crippen LogP contribution in [0.15, 0.2) is 53.1 Å². The molecule has 1 amide bonds. The molecule has 8 heteroatoms. The van der Waals surface area contributed by atoms with Gasteiger partial charge in [-0.05, 0) is 55.0 Å². The smallest absolute Gasteiger partial charge is 0.259 e. The summed E-state index contributed by atoms with van der Waals surface area (Å²) in [4.78, 5) is 17.6. The number of nitrogens with one attached hydrogen (secondary N) is 1. The molecule has 162 valence electrons. The van der Waals surface area contributed by atoms with Crippen molar-refractivity contribution in [1.82, 2.24) is 15.5 Å². The van der Waals surface area contributed by atoms with Crippen LogP contribution < -0.4 is 14.8 Å². The maximum Gasteiger partial charge on any atom is 0.259 e. The molecular weight excluding hydrogens is 413 g/mol. The van der Waals surface area contributed by atoms with Crippen LogP contribution >= 0.6 is 0 Å². The largest absolute Gasteiger partial charge is 0.490 e. The van der Waals surface area contributed by atoms with E-state index in [1.165, 1.54) is 12.1 Å². The number of carbonyl (C=O) groups is 1. The number of rotatable bonds is 4. The molecule has 0 radical (unpaired) electrons. The van der Waals surface area contributed by atoms with E-state index in [-0.39, 0.29) is 17.4 Å². The highest BCUT2D eigenvalue weighted by molar-refractivity contribution is 6.06. The average Bonchev–Trinajstić information content (AvgIpc) is 3.03. The Kier molecular flexibility index (Phi) is 5.18. The van der Waals surface area contributed by atoms with Crippen molar-refractivity contribution in [2.24, 2.45) is 0 Å². The minimum absolute atomic E-state index is 0.255. The summed E-state index contributed by atoms with van der Waals surface area (Å²) in [5, 5.41) is 7.45. The number of nitrogens with zero attached hydrogens (tertiary/aromatic N) is 2. The molecule has 0 saturated heterocycles. The number of pyridine rings is 1. The van der Waals surface area contributed by atoms with Crippen molar-refractivity contribution < 1.29 is 23.2 Å². The Labute approximate surface area is 183 Å². The van der Waals surface area contributed by atoms with Crippen molar-refractivity contribution in [3.05, 3.63) is 71.2 Å². The molecule has 0 spiro atoms. The molecule has 0 saturated carbocycles. The van der Waals surface area contributed by atoms with Gasteiger partial charge < -0.3 is 19.3 Å². The van der Waals surface area contributed by atoms with Crippen molar-refractivity contribution in [3.63, 3.8) is 0 Å². The molecule has 0 atom stereocenters. The Balaban J connectivity index is 1.43. The first-order valence-corrected chi connectivity index (χ1v) is 10.3. The minimum Gasteiger partial charge on any atom is -0.490 e. The van der Waals surface area contributed by atoms with Gasteiger partial charge in [0.2, 0.25) is 0 Å². The third-order valence-corrected chi connectivity index (χ3v) is 5.27. The van der Waals surface area contributed by atoms with E-state index in [9.17, 15) is 9.18 Å². The summed E-state index contributed by atoms with van der Waals surface area (Å²) in [5.74, 6) is 0.740. The third-order valence-electron chi connectivity index (χ3n) is 5.27. The van der Waals surface area contributed by atoms with Crippen LogP contribution in [-0.4, -0.2) is 29.3 Å². The SMILES string of the molecule is Cc1noc2nc(-c3ccc(F)cc3)cc(C(=O)NCc3ccc4c(c3)OCCCO4)c12. The summed E-state index contributed by atoms with van der Waals surface area (Å²) < 4.78 is 30.0. The maximum absolute atomic E-state index is 13.3. The lowest BCUT2D eigenvalue weighted by Crippen LogP contribution is -2.23. The van der Waals surface area contributed by atoms with E-state index in [1.807, 2.05) is 18.2 Å². The van der Waals surface area contributed by atoms with Crippen molar-refractivity contribution >= 4 is 17.0 Å². The molecule has 1 aliphatic rings. The van der Waals surface area contributed by atoms with Crippen molar-refractivity contribution in [1.29, 1.82) is 0 Å². The van der Waals surface area contributed by atoms with Gasteiger partial charge in [-0.15, -0.1) is 0 Å². The zero-order chi connectivity index (χ0) is 22.1. The van der Waals surface area contributed by atoms with Crippen LogP contribution in [0.5, 0.6) is 11.5 Å². The molecule has 5 rings (SSSR count). The quantitative estimate of drug-likeness (QED) is 0.513. The van der Waals surface area contributed by atoms with Crippen molar-refractivity contribution in [3.8, 4) is 22.8 Å². The fourth-order valence-corrected chi connectivity index (χ4v) is 3.64. The summed E-state index contributed by atoms with van der Waals surface area (Å²) in [6.45, 7) is 3.27. The first-order chi connectivity index (χ1) is 15.6. The number of amides is 1. The molecule has 32 heavy (non-hydrogen) atoms. The van der Waals surface area contributed by atoms with E-state index < -0.39 is 0 Å². The van der Waals surface area contributed by atoms with E-state index in [1.54, 1.807) is 25.1 Å². The number of aromatic nitrogens is 2. The fraction of sp³-hybridized carbons (Fsp3) is 0.208. The van der Waals surface area contributed by atoms with Gasteiger partial charge in [0.1, 0.15) is 5.82 Å². The summed E-state index contributed by atoms with van der Waals surface area (Å²) in [6.07, 6.45) is 0.827. The molecule has 2 aromatic carbocycles. The van der Waals surface area contributed by atoms with Gasteiger partial charge in [0.05, 0.1) is 35.6 Å². The molecule has 0 aliphatic carbocycles. The highest BCUT2D eigenvalue weighted by atomic mass is 19.1. The number of halogens is 1. The van der Waals surface area contributed by atoms with E-state index in [0.717, 1.165) is 12.0 Å². The van der Waals surface area contributed by atoms with Gasteiger partial charge in [0, 0.05) is 18.5 Å². The zero-order valence-corrected chi connectivity index (χ0v) is 17.4. The van der Waals surface area contributed by atoms with Gasteiger partial charge >= 0.3 is 0 Å². The summed E-state index contributed by atoms with van der Waals surface area (Å²) in [7, 11) is 0. The first-order valence-electron chi connectivity index (χ1n) is 10.3. The Morgan fingerprint density at radius 1 is 1.06 bits per heavy atom. The average molecular weight is 433 g/mol. The Hall–Kier alpha value is -3.94. The predicted octanol–water partition coefficient (Wildman–Crippen LogP) is 4.43. The third kappa shape index (κ3) is 3.87. The van der Waals surface area contributed by atoms with Crippen LogP contribution in [0.3, 0.4) is 0 Å². The number of hydrogen-bond acceptors (Lipinski definition) is 6. The van der Waals surface area contributed by atoms with Crippen LogP contribution in [0.4, 0.5) is 4.39 Å². The van der Waals surface area contributed by atoms with E-state index in [2.05, 4.69) is 15.5 Å². The molecule has 4 aromatic rings. The first kappa shape index (κ1) is 20.0. The number of ether oxygens (including phenoxy) is 2. The summed E-state index contributed by atoms with van der Waals surface area (Å²) in [5.41, 5.74) is 3.26. The molecule has 7 nitrogen and oxygen atoms in total. The van der Waals surface area contributed by atoms with Crippen molar-refractivity contribution in [2.75, 3.05) is 13.2 Å². The number of carbonyl (C=O) groups excluding carboxylic acids is 1. The number of fused-ring (bicyclic) bond motifs is 2. The standard InChI is InChI=1S/C24H20FN3O4/c1-14-22-18(12-19(27-24(22)32-28-14)16-4-6-17(25)7-5-16)23(29)26-13-15-3-8-20-21(11-15)31-10-2-9-30-20/h3-8,11-12H,2,9-10,13H2,1H3,(H,26,29). The molecule has 0 bridgehead atoms. The Morgan fingerprint density at radius 2 is 1.84 bits per heavy atom. The van der Waals surface area contributed by atoms with E-state index in [4.69, 9.17) is 14.0 Å². The predicted molar refractivity (Wildman–Crippen MR) is 115 cm³/mol. The van der Waals surface area contributed by atoms with Gasteiger partial charge in [-0.2, -0.15) is 0 Å². The lowest BCUT2D eigenvalue weighted by Gasteiger charge is -2.11. The summed E-state index contributed by atoms with van der Waals surface area (Å²) >= 11 is 0. The second-order valence-corrected chi connectivity index (χ2v) is 7.52. The van der Waals surface area contributed by atoms with Crippen LogP contribution in [-0.2, 0) is 6.54 Å². The number of benzene rings is 2. The molecule has 0 unspecified atom stereocenters. The monoisotopic (exact) mass is 433 g/mol. The normalized spacial score (nSPS) is 13.1. The van der Waals surface area contributed by atoms with Crippen LogP contribution in [0, 0.1) is 12.7 Å². The van der Waals surface area contributed by atoms with Crippen molar-refractivity contribution in [2.45, 2.75) is 19.9 Å². The highest BCUT2D eigenvalue weighted by Crippen LogP contribution is 2.31. The molecule has 1 aliphatic heterocycles. The van der Waals surface area contributed by atoms with Gasteiger partial charge in [0.15, 0.2) is 11.5 Å². The van der Waals surface area contributed by atoms with Crippen LogP contribution in [0.1, 0.15) is 28.0 Å². The second kappa shape index (κ2) is 8.30. The molecular formula is C24H20FN3O4. The Morgan fingerprint density at radius 3 is 2.66 bits per heavy atom. The topological polar surface area (TPSA) is 86.5 Å².